The van der Waals surface area contributed by atoms with Crippen LogP contribution in [0.1, 0.15) is 24.2 Å². The van der Waals surface area contributed by atoms with E-state index in [0.717, 1.165) is 11.3 Å². The van der Waals surface area contributed by atoms with Crippen LogP contribution in [0.15, 0.2) is 52.3 Å². The number of amides is 1. The van der Waals surface area contributed by atoms with Crippen LogP contribution in [0.2, 0.25) is 0 Å². The molecule has 13 heteroatoms. The predicted molar refractivity (Wildman–Crippen MR) is 124 cm³/mol. The van der Waals surface area contributed by atoms with E-state index in [2.05, 4.69) is 10.3 Å². The monoisotopic (exact) mass is 510 g/mol. The Morgan fingerprint density at radius 2 is 1.67 bits per heavy atom. The molecule has 0 bridgehead atoms. The summed E-state index contributed by atoms with van der Waals surface area (Å²) in [4.78, 5) is 16.9. The fourth-order valence-corrected chi connectivity index (χ4v) is 6.66. The highest BCUT2D eigenvalue weighted by molar-refractivity contribution is 7.89. The molecule has 1 aliphatic rings. The van der Waals surface area contributed by atoms with Gasteiger partial charge in [0, 0.05) is 18.7 Å². The lowest BCUT2D eigenvalue weighted by Crippen LogP contribution is -2.48. The Hall–Kier alpha value is -2.42. The number of sulfonamides is 2. The molecule has 0 aliphatic carbocycles. The van der Waals surface area contributed by atoms with Crippen molar-refractivity contribution in [2.75, 3.05) is 18.4 Å². The summed E-state index contributed by atoms with van der Waals surface area (Å²) in [7, 11) is -7.56. The van der Waals surface area contributed by atoms with E-state index in [1.807, 2.05) is 13.8 Å². The highest BCUT2D eigenvalue weighted by atomic mass is 32.2. The summed E-state index contributed by atoms with van der Waals surface area (Å²) in [5.74, 6) is -0.474. The molecular weight excluding hydrogens is 488 g/mol. The standard InChI is InChI=1S/C20H22N4O6S3/c1-12-10-24(11-13(2)30-12)33(28,29)15-5-3-14(4-6-15)19(25)23-20-22-17-8-7-16(32(21,26)27)9-18(17)31-20/h3-9,12-13H,10-11H2,1-2H3,(H2,21,26,27)(H,22,23,25)/t12-,13-/m0/s1. The molecule has 3 aromatic rings. The Kier molecular flexibility index (Phi) is 6.28. The van der Waals surface area contributed by atoms with Crippen molar-refractivity contribution >= 4 is 52.6 Å². The summed E-state index contributed by atoms with van der Waals surface area (Å²) in [5.41, 5.74) is 0.764. The van der Waals surface area contributed by atoms with E-state index in [1.54, 1.807) is 0 Å². The SMILES string of the molecule is C[C@H]1CN(S(=O)(=O)c2ccc(C(=O)Nc3nc4ccc(S(N)(=O)=O)cc4s3)cc2)C[C@H](C)O1. The molecule has 1 fully saturated rings. The van der Waals surface area contributed by atoms with E-state index in [1.165, 1.54) is 46.8 Å². The molecule has 0 unspecified atom stereocenters. The van der Waals surface area contributed by atoms with E-state index in [9.17, 15) is 21.6 Å². The number of benzene rings is 2. The van der Waals surface area contributed by atoms with E-state index >= 15 is 0 Å². The quantitative estimate of drug-likeness (QED) is 0.533. The molecule has 0 radical (unpaired) electrons. The van der Waals surface area contributed by atoms with Gasteiger partial charge in [-0.05, 0) is 56.3 Å². The molecule has 2 heterocycles. The Morgan fingerprint density at radius 3 is 2.27 bits per heavy atom. The highest BCUT2D eigenvalue weighted by Crippen LogP contribution is 2.28. The maximum Gasteiger partial charge on any atom is 0.257 e. The topological polar surface area (TPSA) is 149 Å². The average molecular weight is 511 g/mol. The van der Waals surface area contributed by atoms with E-state index in [4.69, 9.17) is 9.88 Å². The minimum atomic E-state index is -3.85. The van der Waals surface area contributed by atoms with E-state index in [0.29, 0.717) is 10.2 Å². The Labute approximate surface area is 195 Å². The normalized spacial score (nSPS) is 20.1. The van der Waals surface area contributed by atoms with Gasteiger partial charge < -0.3 is 4.74 Å². The lowest BCUT2D eigenvalue weighted by molar-refractivity contribution is -0.0440. The Bertz CT molecular complexity index is 1410. The van der Waals surface area contributed by atoms with Gasteiger partial charge in [0.05, 0.1) is 32.2 Å². The third-order valence-corrected chi connectivity index (χ3v) is 8.74. The Balaban J connectivity index is 1.50. The van der Waals surface area contributed by atoms with Crippen LogP contribution in [-0.2, 0) is 24.8 Å². The van der Waals surface area contributed by atoms with Crippen molar-refractivity contribution in [3.63, 3.8) is 0 Å². The second-order valence-corrected chi connectivity index (χ2v) is 12.3. The molecule has 3 N–H and O–H groups in total. The predicted octanol–water partition coefficient (Wildman–Crippen LogP) is 1.99. The lowest BCUT2D eigenvalue weighted by Gasteiger charge is -2.34. The van der Waals surface area contributed by atoms with Gasteiger partial charge in [-0.1, -0.05) is 11.3 Å². The number of primary sulfonamides is 1. The molecule has 1 aliphatic heterocycles. The second-order valence-electron chi connectivity index (χ2n) is 7.75. The van der Waals surface area contributed by atoms with Crippen LogP contribution >= 0.6 is 11.3 Å². The molecule has 2 aromatic carbocycles. The number of carbonyl (C=O) groups excluding carboxylic acids is 1. The zero-order valence-corrected chi connectivity index (χ0v) is 20.2. The number of nitrogens with zero attached hydrogens (tertiary/aromatic N) is 2. The zero-order valence-electron chi connectivity index (χ0n) is 17.8. The van der Waals surface area contributed by atoms with Crippen molar-refractivity contribution in [2.45, 2.75) is 35.8 Å². The number of hydrogen-bond acceptors (Lipinski definition) is 8. The van der Waals surface area contributed by atoms with Crippen molar-refractivity contribution in [3.05, 3.63) is 48.0 Å². The minimum absolute atomic E-state index is 0.0441. The van der Waals surface area contributed by atoms with Crippen molar-refractivity contribution in [1.29, 1.82) is 0 Å². The first-order chi connectivity index (χ1) is 15.4. The van der Waals surface area contributed by atoms with Gasteiger partial charge in [-0.3, -0.25) is 10.1 Å². The van der Waals surface area contributed by atoms with Gasteiger partial charge in [0.25, 0.3) is 5.91 Å². The molecule has 0 saturated carbocycles. The van der Waals surface area contributed by atoms with E-state index < -0.39 is 26.0 Å². The summed E-state index contributed by atoms with van der Waals surface area (Å²) >= 11 is 1.10. The first-order valence-electron chi connectivity index (χ1n) is 9.94. The highest BCUT2D eigenvalue weighted by Gasteiger charge is 2.32. The first kappa shape index (κ1) is 23.7. The number of anilines is 1. The number of nitrogens with one attached hydrogen (secondary N) is 1. The fourth-order valence-electron chi connectivity index (χ4n) is 3.56. The number of ether oxygens (including phenoxy) is 1. The number of hydrogen-bond donors (Lipinski definition) is 2. The minimum Gasteiger partial charge on any atom is -0.373 e. The van der Waals surface area contributed by atoms with Gasteiger partial charge in [0.2, 0.25) is 20.0 Å². The fraction of sp³-hybridized carbons (Fsp3) is 0.300. The third kappa shape index (κ3) is 5.08. The summed E-state index contributed by atoms with van der Waals surface area (Å²) in [5, 5.41) is 8.07. The molecular formula is C20H22N4O6S3. The molecule has 33 heavy (non-hydrogen) atoms. The smallest absolute Gasteiger partial charge is 0.257 e. The van der Waals surface area contributed by atoms with Crippen molar-refractivity contribution in [3.8, 4) is 0 Å². The van der Waals surface area contributed by atoms with Crippen LogP contribution in [0.3, 0.4) is 0 Å². The average Bonchev–Trinajstić information content (AvgIpc) is 3.14. The van der Waals surface area contributed by atoms with Crippen LogP contribution in [-0.4, -0.2) is 57.3 Å². The van der Waals surface area contributed by atoms with Crippen LogP contribution in [0.25, 0.3) is 10.2 Å². The van der Waals surface area contributed by atoms with Crippen LogP contribution in [0.5, 0.6) is 0 Å². The van der Waals surface area contributed by atoms with Gasteiger partial charge in [-0.2, -0.15) is 4.31 Å². The maximum absolute atomic E-state index is 13.0. The molecule has 10 nitrogen and oxygen atoms in total. The molecule has 0 spiro atoms. The number of nitrogens with two attached hydrogens (primary N) is 1. The van der Waals surface area contributed by atoms with Gasteiger partial charge in [-0.15, -0.1) is 0 Å². The van der Waals surface area contributed by atoms with Gasteiger partial charge in [0.1, 0.15) is 0 Å². The Morgan fingerprint density at radius 1 is 1.06 bits per heavy atom. The second kappa shape index (κ2) is 8.74. The molecule has 2 atom stereocenters. The number of rotatable bonds is 5. The molecule has 1 saturated heterocycles. The number of fused-ring (bicyclic) bond motifs is 1. The summed E-state index contributed by atoms with van der Waals surface area (Å²) in [6.45, 7) is 4.17. The van der Waals surface area contributed by atoms with Gasteiger partial charge >= 0.3 is 0 Å². The molecule has 1 amide bonds. The third-order valence-electron chi connectivity index (χ3n) is 5.05. The number of carbonyl (C=O) groups is 1. The number of aromatic nitrogens is 1. The molecule has 176 valence electrons. The zero-order chi connectivity index (χ0) is 24.0. The van der Waals surface area contributed by atoms with E-state index in [-0.39, 0.29) is 45.8 Å². The molecule has 1 aromatic heterocycles. The van der Waals surface area contributed by atoms with Crippen molar-refractivity contribution in [1.82, 2.24) is 9.29 Å². The van der Waals surface area contributed by atoms with Gasteiger partial charge in [-0.25, -0.2) is 27.0 Å². The van der Waals surface area contributed by atoms with Crippen molar-refractivity contribution < 1.29 is 26.4 Å². The van der Waals surface area contributed by atoms with Crippen LogP contribution in [0, 0.1) is 0 Å². The van der Waals surface area contributed by atoms with Crippen LogP contribution < -0.4 is 10.5 Å². The van der Waals surface area contributed by atoms with Gasteiger partial charge in [0.15, 0.2) is 5.13 Å². The maximum atomic E-state index is 13.0. The first-order valence-corrected chi connectivity index (χ1v) is 13.7. The number of thiazole rings is 1. The lowest BCUT2D eigenvalue weighted by atomic mass is 10.2. The number of morpholine rings is 1. The summed E-state index contributed by atoms with van der Waals surface area (Å²) < 4.78 is 56.5. The largest absolute Gasteiger partial charge is 0.373 e. The molecule has 4 rings (SSSR count). The van der Waals surface area contributed by atoms with Crippen LogP contribution in [0.4, 0.5) is 5.13 Å². The summed E-state index contributed by atoms with van der Waals surface area (Å²) in [6.07, 6.45) is -0.410. The van der Waals surface area contributed by atoms with Crippen molar-refractivity contribution in [2.24, 2.45) is 5.14 Å². The summed E-state index contributed by atoms with van der Waals surface area (Å²) in [6, 6.07) is 9.90.